The van der Waals surface area contributed by atoms with Crippen LogP contribution in [0.2, 0.25) is 0 Å². The Hall–Kier alpha value is -1.37. The molecule has 154 valence electrons. The predicted molar refractivity (Wildman–Crippen MR) is 126 cm³/mol. The SMILES string of the molecule is CCCC(C)(Pc1ccc(C)cc1CNC(C)(C)C)c1cc(C)cc(C)c1O. The lowest BCUT2D eigenvalue weighted by atomic mass is 9.91. The molecule has 0 heterocycles. The Balaban J connectivity index is 2.47. The van der Waals surface area contributed by atoms with Crippen molar-refractivity contribution in [3.63, 3.8) is 0 Å². The van der Waals surface area contributed by atoms with Gasteiger partial charge in [-0.05, 0) is 64.4 Å². The highest BCUT2D eigenvalue weighted by atomic mass is 31.1. The Labute approximate surface area is 173 Å². The Morgan fingerprint density at radius 2 is 1.64 bits per heavy atom. The second kappa shape index (κ2) is 8.97. The summed E-state index contributed by atoms with van der Waals surface area (Å²) in [6, 6.07) is 11.1. The van der Waals surface area contributed by atoms with Crippen molar-refractivity contribution >= 4 is 13.9 Å². The lowest BCUT2D eigenvalue weighted by Gasteiger charge is -2.33. The number of nitrogens with one attached hydrogen (secondary N) is 1. The zero-order chi connectivity index (χ0) is 21.1. The second-order valence-electron chi connectivity index (χ2n) is 9.45. The summed E-state index contributed by atoms with van der Waals surface area (Å²) in [5, 5.41) is 15.9. The van der Waals surface area contributed by atoms with Crippen LogP contribution >= 0.6 is 8.58 Å². The molecule has 2 rings (SSSR count). The molecule has 3 heteroatoms. The van der Waals surface area contributed by atoms with Crippen LogP contribution in [0.15, 0.2) is 30.3 Å². The van der Waals surface area contributed by atoms with Gasteiger partial charge in [0.15, 0.2) is 0 Å². The monoisotopic (exact) mass is 399 g/mol. The normalized spacial score (nSPS) is 14.6. The van der Waals surface area contributed by atoms with E-state index in [9.17, 15) is 5.11 Å². The van der Waals surface area contributed by atoms with E-state index in [1.807, 2.05) is 6.92 Å². The van der Waals surface area contributed by atoms with Gasteiger partial charge in [-0.15, -0.1) is 0 Å². The first-order valence-corrected chi connectivity index (χ1v) is 11.4. The van der Waals surface area contributed by atoms with Crippen molar-refractivity contribution in [3.05, 3.63) is 58.1 Å². The van der Waals surface area contributed by atoms with Crippen molar-refractivity contribution in [2.45, 2.75) is 85.5 Å². The molecule has 0 bridgehead atoms. The third kappa shape index (κ3) is 5.82. The molecule has 0 spiro atoms. The van der Waals surface area contributed by atoms with Gasteiger partial charge in [0.1, 0.15) is 5.75 Å². The quantitative estimate of drug-likeness (QED) is 0.541. The van der Waals surface area contributed by atoms with Crippen LogP contribution in [-0.2, 0) is 11.7 Å². The average molecular weight is 400 g/mol. The number of benzene rings is 2. The molecule has 0 aliphatic heterocycles. The maximum atomic E-state index is 10.9. The van der Waals surface area contributed by atoms with Crippen LogP contribution in [0.5, 0.6) is 5.75 Å². The highest BCUT2D eigenvalue weighted by molar-refractivity contribution is 7.48. The van der Waals surface area contributed by atoms with E-state index in [1.54, 1.807) is 0 Å². The molecule has 0 aliphatic carbocycles. The Morgan fingerprint density at radius 3 is 2.25 bits per heavy atom. The van der Waals surface area contributed by atoms with Gasteiger partial charge in [-0.3, -0.25) is 0 Å². The van der Waals surface area contributed by atoms with Gasteiger partial charge in [-0.2, -0.15) is 0 Å². The number of rotatable bonds is 7. The van der Waals surface area contributed by atoms with Gasteiger partial charge in [0, 0.05) is 22.8 Å². The summed E-state index contributed by atoms with van der Waals surface area (Å²) in [5.74, 6) is 0.468. The molecule has 2 N–H and O–H groups in total. The minimum Gasteiger partial charge on any atom is -0.507 e. The number of aromatic hydroxyl groups is 1. The highest BCUT2D eigenvalue weighted by Gasteiger charge is 2.31. The zero-order valence-corrected chi connectivity index (χ0v) is 20.0. The van der Waals surface area contributed by atoms with Crippen molar-refractivity contribution < 1.29 is 5.11 Å². The van der Waals surface area contributed by atoms with E-state index in [-0.39, 0.29) is 10.7 Å². The molecule has 0 fully saturated rings. The highest BCUT2D eigenvalue weighted by Crippen LogP contribution is 2.49. The minimum absolute atomic E-state index is 0.0681. The number of hydrogen-bond donors (Lipinski definition) is 2. The van der Waals surface area contributed by atoms with Crippen molar-refractivity contribution in [3.8, 4) is 5.75 Å². The fraction of sp³-hybridized carbons (Fsp3) is 0.520. The van der Waals surface area contributed by atoms with Crippen LogP contribution in [0.4, 0.5) is 0 Å². The van der Waals surface area contributed by atoms with E-state index in [1.165, 1.54) is 22.0 Å². The Kier molecular flexibility index (Phi) is 7.34. The van der Waals surface area contributed by atoms with Crippen molar-refractivity contribution in [1.29, 1.82) is 0 Å². The van der Waals surface area contributed by atoms with E-state index >= 15 is 0 Å². The molecule has 0 saturated carbocycles. The smallest absolute Gasteiger partial charge is 0.122 e. The molecular weight excluding hydrogens is 361 g/mol. The van der Waals surface area contributed by atoms with E-state index < -0.39 is 0 Å². The number of hydrogen-bond acceptors (Lipinski definition) is 2. The van der Waals surface area contributed by atoms with Crippen LogP contribution in [0.3, 0.4) is 0 Å². The van der Waals surface area contributed by atoms with Gasteiger partial charge in [0.25, 0.3) is 0 Å². The number of phenols is 1. The minimum atomic E-state index is -0.0681. The van der Waals surface area contributed by atoms with Crippen LogP contribution in [0.25, 0.3) is 0 Å². The van der Waals surface area contributed by atoms with E-state index in [2.05, 4.69) is 84.1 Å². The molecule has 28 heavy (non-hydrogen) atoms. The summed E-state index contributed by atoms with van der Waals surface area (Å²) >= 11 is 0. The largest absolute Gasteiger partial charge is 0.507 e. The van der Waals surface area contributed by atoms with Crippen molar-refractivity contribution in [2.75, 3.05) is 0 Å². The molecule has 0 radical (unpaired) electrons. The molecule has 2 unspecified atom stereocenters. The summed E-state index contributed by atoms with van der Waals surface area (Å²) < 4.78 is 0. The Bertz CT molecular complexity index is 822. The van der Waals surface area contributed by atoms with Crippen LogP contribution < -0.4 is 10.6 Å². The topological polar surface area (TPSA) is 32.3 Å². The van der Waals surface area contributed by atoms with Gasteiger partial charge in [0.05, 0.1) is 0 Å². The van der Waals surface area contributed by atoms with E-state index in [4.69, 9.17) is 0 Å². The van der Waals surface area contributed by atoms with Crippen molar-refractivity contribution in [2.24, 2.45) is 0 Å². The molecule has 0 amide bonds. The second-order valence-corrected chi connectivity index (χ2v) is 11.3. The molecule has 2 aromatic rings. The molecule has 0 aromatic heterocycles. The van der Waals surface area contributed by atoms with Gasteiger partial charge >= 0.3 is 0 Å². The van der Waals surface area contributed by atoms with Crippen LogP contribution in [-0.4, -0.2) is 10.6 Å². The maximum Gasteiger partial charge on any atom is 0.122 e. The summed E-state index contributed by atoms with van der Waals surface area (Å²) in [4.78, 5) is 0. The predicted octanol–water partition coefficient (Wildman–Crippen LogP) is 6.22. The summed E-state index contributed by atoms with van der Waals surface area (Å²) in [7, 11) is 0.610. The lowest BCUT2D eigenvalue weighted by Crippen LogP contribution is -2.36. The Morgan fingerprint density at radius 1 is 0.964 bits per heavy atom. The first-order valence-electron chi connectivity index (χ1n) is 10.4. The number of phenolic OH excluding ortho intramolecular Hbond substituents is 1. The first kappa shape index (κ1) is 22.9. The van der Waals surface area contributed by atoms with Crippen molar-refractivity contribution in [1.82, 2.24) is 5.32 Å². The number of aryl methyl sites for hydroxylation is 3. The van der Waals surface area contributed by atoms with Gasteiger partial charge in [-0.25, -0.2) is 0 Å². The lowest BCUT2D eigenvalue weighted by molar-refractivity contribution is 0.425. The van der Waals surface area contributed by atoms with Gasteiger partial charge < -0.3 is 10.4 Å². The first-order chi connectivity index (χ1) is 12.9. The van der Waals surface area contributed by atoms with Gasteiger partial charge in [0.2, 0.25) is 0 Å². The van der Waals surface area contributed by atoms with E-state index in [0.29, 0.717) is 14.3 Å². The molecule has 2 nitrogen and oxygen atoms in total. The summed E-state index contributed by atoms with van der Waals surface area (Å²) in [6.45, 7) is 18.3. The van der Waals surface area contributed by atoms with Gasteiger partial charge in [-0.1, -0.05) is 70.3 Å². The third-order valence-electron chi connectivity index (χ3n) is 5.27. The molecular formula is C25H38NOP. The molecule has 0 aliphatic rings. The summed E-state index contributed by atoms with van der Waals surface area (Å²) in [6.07, 6.45) is 2.15. The maximum absolute atomic E-state index is 10.9. The molecule has 2 aromatic carbocycles. The summed E-state index contributed by atoms with van der Waals surface area (Å²) in [5.41, 5.74) is 6.05. The fourth-order valence-corrected chi connectivity index (χ4v) is 5.58. The molecule has 2 atom stereocenters. The fourth-order valence-electron chi connectivity index (χ4n) is 3.79. The zero-order valence-electron chi connectivity index (χ0n) is 19.0. The van der Waals surface area contributed by atoms with Crippen LogP contribution in [0, 0.1) is 20.8 Å². The average Bonchev–Trinajstić information content (AvgIpc) is 2.57. The van der Waals surface area contributed by atoms with E-state index in [0.717, 1.165) is 30.5 Å². The standard InChI is InChI=1S/C25H38NOP/c1-9-12-25(8,21-15-18(3)13-19(4)23(21)27)28-22-11-10-17(2)14-20(22)16-26-24(5,6)7/h10-11,13-15,26-28H,9,12,16H2,1-8H3. The molecule has 0 saturated heterocycles. The third-order valence-corrected chi connectivity index (χ3v) is 7.10. The van der Waals surface area contributed by atoms with Crippen LogP contribution in [0.1, 0.15) is 75.3 Å².